The lowest BCUT2D eigenvalue weighted by Crippen LogP contribution is -2.17. The number of halogens is 1. The summed E-state index contributed by atoms with van der Waals surface area (Å²) in [5.41, 5.74) is 1.37. The molecule has 0 fully saturated rings. The minimum Gasteiger partial charge on any atom is -0.367 e. The first-order chi connectivity index (χ1) is 10.0. The van der Waals surface area contributed by atoms with Crippen molar-refractivity contribution in [1.82, 2.24) is 9.97 Å². The number of nitrogens with one attached hydrogen (secondary N) is 1. The number of nitrogens with zero attached hydrogens (tertiary/aromatic N) is 2. The fourth-order valence-electron chi connectivity index (χ4n) is 2.12. The van der Waals surface area contributed by atoms with Crippen molar-refractivity contribution in [2.24, 2.45) is 0 Å². The smallest absolute Gasteiger partial charge is 0.134 e. The van der Waals surface area contributed by atoms with E-state index < -0.39 is 0 Å². The molecular formula is C17H22BrN3. The fourth-order valence-corrected chi connectivity index (χ4v) is 2.52. The minimum absolute atomic E-state index is 0.322. The lowest BCUT2D eigenvalue weighted by Gasteiger charge is -2.16. The maximum Gasteiger partial charge on any atom is 0.134 e. The molecule has 0 amide bonds. The van der Waals surface area contributed by atoms with E-state index >= 15 is 0 Å². The van der Waals surface area contributed by atoms with Gasteiger partial charge in [-0.05, 0) is 41.3 Å². The van der Waals surface area contributed by atoms with Crippen molar-refractivity contribution in [3.63, 3.8) is 0 Å². The first-order valence-corrected chi connectivity index (χ1v) is 8.19. The third-order valence-electron chi connectivity index (χ3n) is 3.33. The highest BCUT2D eigenvalue weighted by atomic mass is 79.9. The van der Waals surface area contributed by atoms with Crippen LogP contribution in [-0.2, 0) is 6.42 Å². The highest BCUT2D eigenvalue weighted by Gasteiger charge is 2.09. The largest absolute Gasteiger partial charge is 0.367 e. The highest BCUT2D eigenvalue weighted by molar-refractivity contribution is 9.10. The summed E-state index contributed by atoms with van der Waals surface area (Å²) in [6.45, 7) is 6.39. The highest BCUT2D eigenvalue weighted by Crippen LogP contribution is 2.18. The summed E-state index contributed by atoms with van der Waals surface area (Å²) in [5.74, 6) is 2.07. The van der Waals surface area contributed by atoms with Crippen molar-refractivity contribution in [2.75, 3.05) is 5.32 Å². The van der Waals surface area contributed by atoms with Crippen LogP contribution >= 0.6 is 15.9 Å². The topological polar surface area (TPSA) is 37.8 Å². The summed E-state index contributed by atoms with van der Waals surface area (Å²) >= 11 is 3.46. The summed E-state index contributed by atoms with van der Waals surface area (Å²) in [6, 6.07) is 12.9. The van der Waals surface area contributed by atoms with E-state index in [-0.39, 0.29) is 0 Å². The molecule has 21 heavy (non-hydrogen) atoms. The van der Waals surface area contributed by atoms with Crippen LogP contribution in [0.1, 0.15) is 44.5 Å². The Morgan fingerprint density at radius 1 is 1.10 bits per heavy atom. The van der Waals surface area contributed by atoms with Gasteiger partial charge in [0.1, 0.15) is 16.2 Å². The van der Waals surface area contributed by atoms with Crippen molar-refractivity contribution in [2.45, 2.75) is 45.6 Å². The Balaban J connectivity index is 1.94. The number of benzene rings is 1. The van der Waals surface area contributed by atoms with E-state index in [4.69, 9.17) is 0 Å². The molecule has 0 saturated heterocycles. The van der Waals surface area contributed by atoms with Crippen molar-refractivity contribution in [3.8, 4) is 0 Å². The normalized spacial score (nSPS) is 12.4. The van der Waals surface area contributed by atoms with Gasteiger partial charge in [-0.25, -0.2) is 9.97 Å². The van der Waals surface area contributed by atoms with Gasteiger partial charge in [0.2, 0.25) is 0 Å². The summed E-state index contributed by atoms with van der Waals surface area (Å²) in [5, 5.41) is 3.47. The van der Waals surface area contributed by atoms with E-state index in [1.165, 1.54) is 5.56 Å². The molecule has 1 N–H and O–H groups in total. The average Bonchev–Trinajstić information content (AvgIpc) is 2.45. The quantitative estimate of drug-likeness (QED) is 0.763. The van der Waals surface area contributed by atoms with Gasteiger partial charge in [0.05, 0.1) is 0 Å². The molecule has 0 aliphatic rings. The van der Waals surface area contributed by atoms with Crippen molar-refractivity contribution in [1.29, 1.82) is 0 Å². The molecule has 0 aliphatic heterocycles. The maximum absolute atomic E-state index is 4.58. The molecule has 0 saturated carbocycles. The summed E-state index contributed by atoms with van der Waals surface area (Å²) < 4.78 is 0.832. The second-order valence-electron chi connectivity index (χ2n) is 5.66. The van der Waals surface area contributed by atoms with Crippen molar-refractivity contribution >= 4 is 21.7 Å². The van der Waals surface area contributed by atoms with Crippen LogP contribution in [0.3, 0.4) is 0 Å². The van der Waals surface area contributed by atoms with E-state index in [1.54, 1.807) is 0 Å². The van der Waals surface area contributed by atoms with Crippen LogP contribution < -0.4 is 5.32 Å². The molecule has 1 heterocycles. The van der Waals surface area contributed by atoms with E-state index in [0.29, 0.717) is 12.0 Å². The lowest BCUT2D eigenvalue weighted by molar-refractivity contribution is 0.697. The molecule has 2 rings (SSSR count). The number of anilines is 1. The summed E-state index contributed by atoms with van der Waals surface area (Å²) in [4.78, 5) is 8.98. The van der Waals surface area contributed by atoms with Gasteiger partial charge in [-0.15, -0.1) is 0 Å². The Hall–Kier alpha value is -1.42. The van der Waals surface area contributed by atoms with Crippen LogP contribution in [0.4, 0.5) is 5.82 Å². The molecule has 112 valence electrons. The van der Waals surface area contributed by atoms with Gasteiger partial charge in [-0.2, -0.15) is 0 Å². The van der Waals surface area contributed by atoms with E-state index in [1.807, 2.05) is 6.07 Å². The first kappa shape index (κ1) is 16.0. The minimum atomic E-state index is 0.322. The zero-order valence-electron chi connectivity index (χ0n) is 12.8. The molecule has 1 atom stereocenters. The van der Waals surface area contributed by atoms with Gasteiger partial charge in [0.15, 0.2) is 0 Å². The Kier molecular flexibility index (Phi) is 5.74. The average molecular weight is 348 g/mol. The number of hydrogen-bond donors (Lipinski definition) is 1. The Labute approximate surface area is 135 Å². The van der Waals surface area contributed by atoms with E-state index in [9.17, 15) is 0 Å². The lowest BCUT2D eigenvalue weighted by atomic mass is 10.1. The zero-order valence-corrected chi connectivity index (χ0v) is 14.4. The molecule has 1 aromatic carbocycles. The van der Waals surface area contributed by atoms with Crippen molar-refractivity contribution < 1.29 is 0 Å². The van der Waals surface area contributed by atoms with Crippen LogP contribution in [0.5, 0.6) is 0 Å². The fraction of sp³-hybridized carbons (Fsp3) is 0.412. The molecule has 0 spiro atoms. The summed E-state index contributed by atoms with van der Waals surface area (Å²) in [6.07, 6.45) is 2.14. The van der Waals surface area contributed by atoms with E-state index in [2.05, 4.69) is 82.3 Å². The van der Waals surface area contributed by atoms with Gasteiger partial charge in [-0.1, -0.05) is 44.2 Å². The van der Waals surface area contributed by atoms with Gasteiger partial charge in [0, 0.05) is 18.0 Å². The standard InChI is InChI=1S/C17H22BrN3/c1-12(2)17-20-15(18)11-16(21-17)19-13(3)9-10-14-7-5-4-6-8-14/h4-8,11-13H,9-10H2,1-3H3,(H,19,20,21). The van der Waals surface area contributed by atoms with E-state index in [0.717, 1.165) is 29.1 Å². The molecule has 1 aromatic heterocycles. The Morgan fingerprint density at radius 2 is 1.81 bits per heavy atom. The molecule has 4 heteroatoms. The molecule has 0 bridgehead atoms. The molecule has 1 unspecified atom stereocenters. The predicted octanol–water partition coefficient (Wildman–Crippen LogP) is 4.80. The van der Waals surface area contributed by atoms with Crippen LogP contribution in [0.2, 0.25) is 0 Å². The zero-order chi connectivity index (χ0) is 15.2. The third kappa shape index (κ3) is 5.12. The Bertz CT molecular complexity index is 570. The number of aromatic nitrogens is 2. The molecule has 3 nitrogen and oxygen atoms in total. The number of aryl methyl sites for hydroxylation is 1. The second-order valence-corrected chi connectivity index (χ2v) is 6.47. The van der Waals surface area contributed by atoms with Gasteiger partial charge in [-0.3, -0.25) is 0 Å². The molecule has 0 aliphatic carbocycles. The maximum atomic E-state index is 4.58. The molecule has 2 aromatic rings. The van der Waals surface area contributed by atoms with Crippen molar-refractivity contribution in [3.05, 3.63) is 52.4 Å². The second kappa shape index (κ2) is 7.55. The van der Waals surface area contributed by atoms with Gasteiger partial charge < -0.3 is 5.32 Å². The van der Waals surface area contributed by atoms with Crippen LogP contribution in [0, 0.1) is 0 Å². The van der Waals surface area contributed by atoms with Crippen LogP contribution in [-0.4, -0.2) is 16.0 Å². The number of rotatable bonds is 6. The Morgan fingerprint density at radius 3 is 2.48 bits per heavy atom. The monoisotopic (exact) mass is 347 g/mol. The molecular weight excluding hydrogens is 326 g/mol. The first-order valence-electron chi connectivity index (χ1n) is 7.39. The van der Waals surface area contributed by atoms with Gasteiger partial charge in [0.25, 0.3) is 0 Å². The van der Waals surface area contributed by atoms with Crippen LogP contribution in [0.25, 0.3) is 0 Å². The SMILES string of the molecule is CC(CCc1ccccc1)Nc1cc(Br)nc(C(C)C)n1. The molecule has 0 radical (unpaired) electrons. The van der Waals surface area contributed by atoms with Gasteiger partial charge >= 0.3 is 0 Å². The third-order valence-corrected chi connectivity index (χ3v) is 3.74. The number of hydrogen-bond acceptors (Lipinski definition) is 3. The predicted molar refractivity (Wildman–Crippen MR) is 91.7 cm³/mol. The van der Waals surface area contributed by atoms with Crippen LogP contribution in [0.15, 0.2) is 41.0 Å². The summed E-state index contributed by atoms with van der Waals surface area (Å²) in [7, 11) is 0.